The number of rotatable bonds is 3. The minimum atomic E-state index is -4.30. The highest BCUT2D eigenvalue weighted by molar-refractivity contribution is 9.10. The second-order valence-electron chi connectivity index (χ2n) is 6.31. The summed E-state index contributed by atoms with van der Waals surface area (Å²) in [6.45, 7) is 6.64. The Morgan fingerprint density at radius 2 is 1.83 bits per heavy atom. The molecule has 136 valence electrons. The van der Waals surface area contributed by atoms with Gasteiger partial charge < -0.3 is 5.32 Å². The second-order valence-corrected chi connectivity index (χ2v) is 7.23. The Labute approximate surface area is 155 Å². The van der Waals surface area contributed by atoms with Crippen molar-refractivity contribution < 1.29 is 13.2 Å². The maximum Gasteiger partial charge on any atom is 0.416 e. The summed E-state index contributed by atoms with van der Waals surface area (Å²) in [6.07, 6.45) is -3.20. The van der Waals surface area contributed by atoms with Gasteiger partial charge in [-0.3, -0.25) is 9.80 Å². The van der Waals surface area contributed by atoms with Gasteiger partial charge in [-0.25, -0.2) is 0 Å². The van der Waals surface area contributed by atoms with Gasteiger partial charge in [-0.2, -0.15) is 13.2 Å². The second kappa shape index (κ2) is 8.36. The number of hydrogen-bond acceptors (Lipinski definition) is 3. The molecule has 0 aromatic heterocycles. The summed E-state index contributed by atoms with van der Waals surface area (Å²) in [5.41, 5.74) is 0.132. The van der Waals surface area contributed by atoms with Gasteiger partial charge in [-0.15, -0.1) is 12.4 Å². The van der Waals surface area contributed by atoms with Crippen LogP contribution >= 0.6 is 28.3 Å². The van der Waals surface area contributed by atoms with Crippen LogP contribution in [0.25, 0.3) is 0 Å². The molecule has 2 saturated heterocycles. The zero-order valence-corrected chi connectivity index (χ0v) is 15.7. The fourth-order valence-electron chi connectivity index (χ4n) is 3.46. The van der Waals surface area contributed by atoms with Gasteiger partial charge in [-0.05, 0) is 30.2 Å². The van der Waals surface area contributed by atoms with Crippen molar-refractivity contribution in [3.05, 3.63) is 33.8 Å². The molecule has 0 saturated carbocycles. The zero-order chi connectivity index (χ0) is 16.4. The molecule has 3 rings (SSSR count). The summed E-state index contributed by atoms with van der Waals surface area (Å²) in [5, 5.41) is 3.35. The van der Waals surface area contributed by atoms with Gasteiger partial charge in [0.15, 0.2) is 0 Å². The Hall–Kier alpha value is -0.340. The van der Waals surface area contributed by atoms with Gasteiger partial charge in [0.1, 0.15) is 0 Å². The molecule has 2 aliphatic rings. The van der Waals surface area contributed by atoms with Crippen LogP contribution in [-0.4, -0.2) is 55.1 Å². The third-order valence-electron chi connectivity index (χ3n) is 4.61. The van der Waals surface area contributed by atoms with E-state index in [4.69, 9.17) is 0 Å². The van der Waals surface area contributed by atoms with E-state index in [0.29, 0.717) is 22.6 Å². The molecule has 0 amide bonds. The van der Waals surface area contributed by atoms with Crippen LogP contribution in [0.1, 0.15) is 17.5 Å². The molecule has 0 aliphatic carbocycles. The predicted octanol–water partition coefficient (Wildman–Crippen LogP) is 3.37. The van der Waals surface area contributed by atoms with Crippen LogP contribution in [0.5, 0.6) is 0 Å². The number of halogens is 5. The molecule has 1 unspecified atom stereocenters. The number of nitrogens with one attached hydrogen (secondary N) is 1. The van der Waals surface area contributed by atoms with E-state index in [9.17, 15) is 13.2 Å². The zero-order valence-electron chi connectivity index (χ0n) is 13.3. The molecule has 24 heavy (non-hydrogen) atoms. The lowest BCUT2D eigenvalue weighted by Crippen LogP contribution is -2.49. The summed E-state index contributed by atoms with van der Waals surface area (Å²) in [6, 6.07) is 4.72. The van der Waals surface area contributed by atoms with E-state index in [1.807, 2.05) is 0 Å². The normalized spacial score (nSPS) is 23.2. The maximum atomic E-state index is 12.9. The van der Waals surface area contributed by atoms with Crippen molar-refractivity contribution in [2.24, 2.45) is 0 Å². The third kappa shape index (κ3) is 5.08. The summed E-state index contributed by atoms with van der Waals surface area (Å²) in [5.74, 6) is 0. The highest BCUT2D eigenvalue weighted by atomic mass is 79.9. The molecule has 2 heterocycles. The Kier molecular flexibility index (Phi) is 6.96. The number of nitrogens with zero attached hydrogens (tertiary/aromatic N) is 2. The van der Waals surface area contributed by atoms with Crippen molar-refractivity contribution in [2.75, 3.05) is 39.3 Å². The molecule has 0 spiro atoms. The van der Waals surface area contributed by atoms with Gasteiger partial charge >= 0.3 is 6.18 Å². The van der Waals surface area contributed by atoms with E-state index >= 15 is 0 Å². The molecule has 0 radical (unpaired) electrons. The van der Waals surface area contributed by atoms with E-state index in [0.717, 1.165) is 51.8 Å². The monoisotopic (exact) mass is 427 g/mol. The molecule has 2 fully saturated rings. The van der Waals surface area contributed by atoms with E-state index < -0.39 is 11.7 Å². The fraction of sp³-hybridized carbons (Fsp3) is 0.625. The van der Waals surface area contributed by atoms with Crippen LogP contribution in [-0.2, 0) is 12.7 Å². The first-order valence-corrected chi connectivity index (χ1v) is 8.75. The first-order valence-electron chi connectivity index (χ1n) is 7.95. The van der Waals surface area contributed by atoms with Crippen LogP contribution in [0, 0.1) is 0 Å². The number of alkyl halides is 3. The summed E-state index contributed by atoms with van der Waals surface area (Å²) >= 11 is 3.20. The Bertz CT molecular complexity index is 550. The van der Waals surface area contributed by atoms with Crippen molar-refractivity contribution in [2.45, 2.75) is 25.2 Å². The van der Waals surface area contributed by atoms with Gasteiger partial charge in [0.25, 0.3) is 0 Å². The molecule has 2 aliphatic heterocycles. The van der Waals surface area contributed by atoms with Gasteiger partial charge in [0.2, 0.25) is 0 Å². The summed E-state index contributed by atoms with van der Waals surface area (Å²) < 4.78 is 39.2. The van der Waals surface area contributed by atoms with Crippen LogP contribution < -0.4 is 5.32 Å². The van der Waals surface area contributed by atoms with E-state index in [2.05, 4.69) is 31.0 Å². The van der Waals surface area contributed by atoms with E-state index in [-0.39, 0.29) is 12.4 Å². The minimum Gasteiger partial charge on any atom is -0.314 e. The van der Waals surface area contributed by atoms with Crippen molar-refractivity contribution in [3.8, 4) is 0 Å². The molecule has 1 N–H and O–H groups in total. The van der Waals surface area contributed by atoms with Gasteiger partial charge in [0, 0.05) is 56.3 Å². The number of benzene rings is 1. The molecule has 0 bridgehead atoms. The minimum absolute atomic E-state index is 0. The highest BCUT2D eigenvalue weighted by Gasteiger charge is 2.32. The van der Waals surface area contributed by atoms with Crippen molar-refractivity contribution in [3.63, 3.8) is 0 Å². The van der Waals surface area contributed by atoms with Crippen molar-refractivity contribution in [1.29, 1.82) is 0 Å². The Morgan fingerprint density at radius 1 is 1.12 bits per heavy atom. The van der Waals surface area contributed by atoms with Crippen LogP contribution in [0.4, 0.5) is 13.2 Å². The van der Waals surface area contributed by atoms with E-state index in [1.165, 1.54) is 6.07 Å². The summed E-state index contributed by atoms with van der Waals surface area (Å²) in [4.78, 5) is 4.76. The molecule has 1 aromatic rings. The summed E-state index contributed by atoms with van der Waals surface area (Å²) in [7, 11) is 0. The lowest BCUT2D eigenvalue weighted by Gasteiger charge is -2.32. The molecule has 3 nitrogen and oxygen atoms in total. The van der Waals surface area contributed by atoms with Crippen molar-refractivity contribution in [1.82, 2.24) is 15.1 Å². The van der Waals surface area contributed by atoms with E-state index in [1.54, 1.807) is 6.07 Å². The SMILES string of the molecule is Cl.FC(F)(F)c1cc(Br)cc(CN2CCC(N3CCNCC3)C2)c1. The lowest BCUT2D eigenvalue weighted by atomic mass is 10.1. The molecule has 1 aromatic carbocycles. The smallest absolute Gasteiger partial charge is 0.314 e. The highest BCUT2D eigenvalue weighted by Crippen LogP contribution is 2.32. The van der Waals surface area contributed by atoms with Gasteiger partial charge in [-0.1, -0.05) is 15.9 Å². The quantitative estimate of drug-likeness (QED) is 0.796. The van der Waals surface area contributed by atoms with Crippen LogP contribution in [0.3, 0.4) is 0 Å². The Balaban J connectivity index is 0.00000208. The number of hydrogen-bond donors (Lipinski definition) is 1. The average molecular weight is 429 g/mol. The largest absolute Gasteiger partial charge is 0.416 e. The first-order chi connectivity index (χ1) is 10.9. The van der Waals surface area contributed by atoms with Crippen LogP contribution in [0.15, 0.2) is 22.7 Å². The first kappa shape index (κ1) is 20.0. The lowest BCUT2D eigenvalue weighted by molar-refractivity contribution is -0.137. The maximum absolute atomic E-state index is 12.9. The number of piperazine rings is 1. The average Bonchev–Trinajstić information content (AvgIpc) is 2.95. The molecule has 8 heteroatoms. The van der Waals surface area contributed by atoms with Gasteiger partial charge in [0.05, 0.1) is 5.56 Å². The Morgan fingerprint density at radius 3 is 2.50 bits per heavy atom. The number of likely N-dealkylation sites (tertiary alicyclic amines) is 1. The fourth-order valence-corrected chi connectivity index (χ4v) is 4.01. The molecule has 1 atom stereocenters. The molecular formula is C16H22BrClF3N3. The topological polar surface area (TPSA) is 18.5 Å². The van der Waals surface area contributed by atoms with Crippen LogP contribution in [0.2, 0.25) is 0 Å². The standard InChI is InChI=1S/C16H21BrF3N3.ClH/c17-14-8-12(7-13(9-14)16(18,19)20)10-22-4-1-15(11-22)23-5-2-21-3-6-23;/h7-9,15,21H,1-6,10-11H2;1H. The third-order valence-corrected chi connectivity index (χ3v) is 5.06. The van der Waals surface area contributed by atoms with Crippen molar-refractivity contribution >= 4 is 28.3 Å². The molecular weight excluding hydrogens is 407 g/mol. The predicted molar refractivity (Wildman–Crippen MR) is 94.5 cm³/mol.